The molecule has 0 aromatic carbocycles. The number of allylic oxidation sites excluding steroid dienone is 18. The highest BCUT2D eigenvalue weighted by molar-refractivity contribution is 5.74. The maximum Gasteiger partial charge on any atom is 0.335 e. The minimum Gasteiger partial charge on any atom is -0.479 e. The molecule has 3 N–H and O–H groups in total. The lowest BCUT2D eigenvalue weighted by Crippen LogP contribution is -2.61. The van der Waals surface area contributed by atoms with Crippen LogP contribution in [0.3, 0.4) is 0 Å². The molecule has 75 heavy (non-hydrogen) atoms. The molecule has 12 nitrogen and oxygen atoms in total. The van der Waals surface area contributed by atoms with Gasteiger partial charge in [-0.1, -0.05) is 188 Å². The van der Waals surface area contributed by atoms with E-state index in [0.29, 0.717) is 19.3 Å². The third kappa shape index (κ3) is 40.3. The van der Waals surface area contributed by atoms with Gasteiger partial charge in [0.25, 0.3) is 0 Å². The molecule has 0 spiro atoms. The highest BCUT2D eigenvalue weighted by Gasteiger charge is 2.50. The molecule has 1 heterocycles. The zero-order valence-corrected chi connectivity index (χ0v) is 46.5. The van der Waals surface area contributed by atoms with E-state index in [1.807, 2.05) is 0 Å². The van der Waals surface area contributed by atoms with Crippen LogP contribution in [0.4, 0.5) is 0 Å². The summed E-state index contributed by atoms with van der Waals surface area (Å²) in [5.74, 6) is -3.21. The first-order valence-corrected chi connectivity index (χ1v) is 28.9. The molecule has 1 saturated heterocycles. The molecule has 1 aliphatic heterocycles. The second kappa shape index (κ2) is 50.2. The van der Waals surface area contributed by atoms with Crippen molar-refractivity contribution in [3.8, 4) is 0 Å². The van der Waals surface area contributed by atoms with Crippen molar-refractivity contribution in [2.45, 2.75) is 250 Å². The molecule has 6 atom stereocenters. The Hall–Kier alpha value is -4.62. The number of hydrogen-bond donors (Lipinski definition) is 3. The van der Waals surface area contributed by atoms with Gasteiger partial charge >= 0.3 is 23.9 Å². The van der Waals surface area contributed by atoms with E-state index in [-0.39, 0.29) is 25.9 Å². The standard InChI is InChI=1S/C63H100O12/c1-4-7-10-13-16-19-22-24-26-28-30-32-35-37-40-43-46-49-55(64)71-52-54(73-56(65)50-47-44-41-39-36-33-31-29-27-25-23-20-17-14-11-8-5-2)53-72-63-61(59(68)58(67)60(75-63)62(69)70)74-57(66)51-48-45-42-38-34-21-18-15-12-9-6-3/h7-8,10-11,15-20,24-27,30-33,54,58-61,63,67-68H,4-6,9,12-14,21-23,28-29,34-53H2,1-3H3,(H,69,70)/b10-7-,11-8-,18-15-,19-16-,20-17-,26-24-,27-25-,32-30-,33-31-. The molecule has 0 aromatic rings. The number of carboxylic acids is 1. The average molecular weight is 1050 g/mol. The molecular weight excluding hydrogens is 949 g/mol. The van der Waals surface area contributed by atoms with Crippen molar-refractivity contribution in [1.29, 1.82) is 0 Å². The van der Waals surface area contributed by atoms with Crippen molar-refractivity contribution in [3.63, 3.8) is 0 Å². The summed E-state index contributed by atoms with van der Waals surface area (Å²) in [7, 11) is 0. The molecule has 424 valence electrons. The van der Waals surface area contributed by atoms with Crippen molar-refractivity contribution in [2.24, 2.45) is 0 Å². The number of carboxylic acid groups (broad SMARTS) is 1. The number of carbonyl (C=O) groups excluding carboxylic acids is 3. The Morgan fingerprint density at radius 2 is 0.840 bits per heavy atom. The highest BCUT2D eigenvalue weighted by atomic mass is 16.7. The number of aliphatic carboxylic acids is 1. The molecule has 12 heteroatoms. The predicted octanol–water partition coefficient (Wildman–Crippen LogP) is 14.7. The first kappa shape index (κ1) is 68.4. The second-order valence-corrected chi connectivity index (χ2v) is 19.2. The van der Waals surface area contributed by atoms with Crippen LogP contribution in [-0.4, -0.2) is 89.2 Å². The van der Waals surface area contributed by atoms with Crippen LogP contribution in [-0.2, 0) is 42.9 Å². The smallest absolute Gasteiger partial charge is 0.335 e. The maximum atomic E-state index is 13.1. The fraction of sp³-hybridized carbons (Fsp3) is 0.651. The van der Waals surface area contributed by atoms with Crippen LogP contribution in [0.2, 0.25) is 0 Å². The molecule has 0 radical (unpaired) electrons. The van der Waals surface area contributed by atoms with Crippen LogP contribution < -0.4 is 0 Å². The predicted molar refractivity (Wildman–Crippen MR) is 303 cm³/mol. The molecule has 6 unspecified atom stereocenters. The first-order valence-electron chi connectivity index (χ1n) is 28.9. The lowest BCUT2D eigenvalue weighted by Gasteiger charge is -2.40. The number of unbranched alkanes of at least 4 members (excludes halogenated alkanes) is 15. The van der Waals surface area contributed by atoms with E-state index in [1.165, 1.54) is 12.8 Å². The van der Waals surface area contributed by atoms with Gasteiger partial charge in [0.15, 0.2) is 24.6 Å². The van der Waals surface area contributed by atoms with Gasteiger partial charge in [-0.2, -0.15) is 0 Å². The van der Waals surface area contributed by atoms with E-state index in [0.717, 1.165) is 141 Å². The largest absolute Gasteiger partial charge is 0.479 e. The number of carbonyl (C=O) groups is 4. The number of esters is 3. The van der Waals surface area contributed by atoms with E-state index in [2.05, 4.69) is 130 Å². The summed E-state index contributed by atoms with van der Waals surface area (Å²) >= 11 is 0. The van der Waals surface area contributed by atoms with Gasteiger partial charge in [-0.15, -0.1) is 0 Å². The normalized spacial score (nSPS) is 19.0. The Morgan fingerprint density at radius 3 is 1.29 bits per heavy atom. The Balaban J connectivity index is 2.74. The van der Waals surface area contributed by atoms with E-state index < -0.39 is 67.3 Å². The summed E-state index contributed by atoms with van der Waals surface area (Å²) in [4.78, 5) is 51.1. The van der Waals surface area contributed by atoms with E-state index in [1.54, 1.807) is 0 Å². The Morgan fingerprint density at radius 1 is 0.453 bits per heavy atom. The number of rotatable bonds is 47. The first-order chi connectivity index (χ1) is 36.6. The van der Waals surface area contributed by atoms with Crippen molar-refractivity contribution in [1.82, 2.24) is 0 Å². The Bertz CT molecular complexity index is 1720. The molecule has 0 saturated carbocycles. The summed E-state index contributed by atoms with van der Waals surface area (Å²) in [6.45, 7) is 5.66. The molecule has 0 bridgehead atoms. The van der Waals surface area contributed by atoms with Crippen LogP contribution in [0.25, 0.3) is 0 Å². The summed E-state index contributed by atoms with van der Waals surface area (Å²) in [6, 6.07) is 0. The molecule has 0 aromatic heterocycles. The van der Waals surface area contributed by atoms with E-state index >= 15 is 0 Å². The van der Waals surface area contributed by atoms with Crippen LogP contribution in [0, 0.1) is 0 Å². The monoisotopic (exact) mass is 1050 g/mol. The van der Waals surface area contributed by atoms with Gasteiger partial charge in [-0.3, -0.25) is 14.4 Å². The highest BCUT2D eigenvalue weighted by Crippen LogP contribution is 2.26. The van der Waals surface area contributed by atoms with E-state index in [9.17, 15) is 34.5 Å². The second-order valence-electron chi connectivity index (χ2n) is 19.2. The van der Waals surface area contributed by atoms with Gasteiger partial charge in [0.05, 0.1) is 6.61 Å². The third-order valence-electron chi connectivity index (χ3n) is 12.3. The minimum absolute atomic E-state index is 0.0389. The molecule has 1 aliphatic rings. The molecule has 0 amide bonds. The third-order valence-corrected chi connectivity index (χ3v) is 12.3. The van der Waals surface area contributed by atoms with Crippen molar-refractivity contribution < 1.29 is 58.2 Å². The SMILES string of the molecule is CC/C=C\C/C=C\C/C=C\C/C=C\CCCCCCC(=O)OCC(COC1OC(C(=O)O)C(O)C(O)C1OC(=O)CCCCCCC/C=C\CCCC)OC(=O)CCCCCC/C=C\C/C=C\C/C=C\C/C=C\CC. The minimum atomic E-state index is -1.92. The number of ether oxygens (including phenoxy) is 5. The summed E-state index contributed by atoms with van der Waals surface area (Å²) in [6.07, 6.45) is 54.9. The fourth-order valence-corrected chi connectivity index (χ4v) is 7.92. The summed E-state index contributed by atoms with van der Waals surface area (Å²) in [5, 5.41) is 31.4. The van der Waals surface area contributed by atoms with Crippen LogP contribution >= 0.6 is 0 Å². The van der Waals surface area contributed by atoms with Gasteiger partial charge in [-0.05, 0) is 116 Å². The van der Waals surface area contributed by atoms with Gasteiger partial charge in [0.1, 0.15) is 18.8 Å². The topological polar surface area (TPSA) is 175 Å². The van der Waals surface area contributed by atoms with Crippen molar-refractivity contribution in [3.05, 3.63) is 109 Å². The zero-order valence-electron chi connectivity index (χ0n) is 46.5. The van der Waals surface area contributed by atoms with Crippen molar-refractivity contribution in [2.75, 3.05) is 13.2 Å². The summed E-state index contributed by atoms with van der Waals surface area (Å²) < 4.78 is 28.3. The Kier molecular flexibility index (Phi) is 45.8. The van der Waals surface area contributed by atoms with Gasteiger partial charge in [0.2, 0.25) is 0 Å². The maximum absolute atomic E-state index is 13.1. The Labute approximate surface area is 453 Å². The van der Waals surface area contributed by atoms with Crippen LogP contribution in [0.5, 0.6) is 0 Å². The summed E-state index contributed by atoms with van der Waals surface area (Å²) in [5.41, 5.74) is 0. The molecular formula is C63H100O12. The molecule has 1 fully saturated rings. The lowest BCUT2D eigenvalue weighted by molar-refractivity contribution is -0.301. The zero-order chi connectivity index (χ0) is 54.7. The van der Waals surface area contributed by atoms with Crippen molar-refractivity contribution >= 4 is 23.9 Å². The fourth-order valence-electron chi connectivity index (χ4n) is 7.92. The average Bonchev–Trinajstić information content (AvgIpc) is 3.39. The molecule has 1 rings (SSSR count). The molecule has 0 aliphatic carbocycles. The van der Waals surface area contributed by atoms with Crippen LogP contribution in [0.1, 0.15) is 213 Å². The van der Waals surface area contributed by atoms with E-state index in [4.69, 9.17) is 23.7 Å². The van der Waals surface area contributed by atoms with Crippen LogP contribution in [0.15, 0.2) is 109 Å². The number of hydrogen-bond acceptors (Lipinski definition) is 11. The quantitative estimate of drug-likeness (QED) is 0.0228. The number of aliphatic hydroxyl groups excluding tert-OH is 2. The lowest BCUT2D eigenvalue weighted by atomic mass is 9.98. The van der Waals surface area contributed by atoms with Gasteiger partial charge in [-0.25, -0.2) is 4.79 Å². The van der Waals surface area contributed by atoms with Gasteiger partial charge < -0.3 is 39.0 Å². The van der Waals surface area contributed by atoms with Gasteiger partial charge in [0, 0.05) is 19.3 Å². The number of aliphatic hydroxyl groups is 2.